The Bertz CT molecular complexity index is 599. The van der Waals surface area contributed by atoms with Crippen LogP contribution in [-0.4, -0.2) is 32.2 Å². The Morgan fingerprint density at radius 2 is 1.74 bits per heavy atom. The SMILES string of the molecule is COc1ccc(OCCNC(=O)[C@@H](N)Cc2ccccc2)cc1. The number of ether oxygens (including phenoxy) is 2. The Balaban J connectivity index is 1.67. The molecule has 2 rings (SSSR count). The largest absolute Gasteiger partial charge is 0.497 e. The maximum Gasteiger partial charge on any atom is 0.237 e. The second kappa shape index (κ2) is 8.80. The van der Waals surface area contributed by atoms with Gasteiger partial charge in [-0.25, -0.2) is 0 Å². The van der Waals surface area contributed by atoms with E-state index in [4.69, 9.17) is 15.2 Å². The highest BCUT2D eigenvalue weighted by molar-refractivity contribution is 5.81. The fourth-order valence-electron chi connectivity index (χ4n) is 2.11. The van der Waals surface area contributed by atoms with Gasteiger partial charge in [-0.3, -0.25) is 4.79 Å². The van der Waals surface area contributed by atoms with Crippen LogP contribution >= 0.6 is 0 Å². The van der Waals surface area contributed by atoms with Crippen molar-refractivity contribution < 1.29 is 14.3 Å². The molecule has 5 nitrogen and oxygen atoms in total. The molecule has 0 aromatic heterocycles. The lowest BCUT2D eigenvalue weighted by Crippen LogP contribution is -2.43. The van der Waals surface area contributed by atoms with Gasteiger partial charge in [0.25, 0.3) is 0 Å². The molecule has 122 valence electrons. The number of hydrogen-bond donors (Lipinski definition) is 2. The van der Waals surface area contributed by atoms with E-state index in [-0.39, 0.29) is 5.91 Å². The monoisotopic (exact) mass is 314 g/mol. The molecule has 2 aromatic rings. The number of rotatable bonds is 8. The Labute approximate surface area is 136 Å². The lowest BCUT2D eigenvalue weighted by Gasteiger charge is -2.13. The van der Waals surface area contributed by atoms with Crippen molar-refractivity contribution in [3.05, 3.63) is 60.2 Å². The van der Waals surface area contributed by atoms with E-state index in [9.17, 15) is 4.79 Å². The molecule has 0 aliphatic heterocycles. The van der Waals surface area contributed by atoms with Crippen molar-refractivity contribution in [1.29, 1.82) is 0 Å². The zero-order chi connectivity index (χ0) is 16.5. The van der Waals surface area contributed by atoms with Crippen LogP contribution in [0.2, 0.25) is 0 Å². The maximum atomic E-state index is 11.9. The molecule has 0 spiro atoms. The van der Waals surface area contributed by atoms with Gasteiger partial charge in [0.2, 0.25) is 5.91 Å². The molecule has 0 unspecified atom stereocenters. The molecule has 0 aliphatic carbocycles. The van der Waals surface area contributed by atoms with Gasteiger partial charge in [0.1, 0.15) is 18.1 Å². The van der Waals surface area contributed by atoms with E-state index in [0.29, 0.717) is 19.6 Å². The zero-order valence-electron chi connectivity index (χ0n) is 13.2. The maximum absolute atomic E-state index is 11.9. The second-order valence-corrected chi connectivity index (χ2v) is 5.11. The van der Waals surface area contributed by atoms with Crippen LogP contribution in [0, 0.1) is 0 Å². The fraction of sp³-hybridized carbons (Fsp3) is 0.278. The van der Waals surface area contributed by atoms with Crippen molar-refractivity contribution in [1.82, 2.24) is 5.32 Å². The highest BCUT2D eigenvalue weighted by Gasteiger charge is 2.13. The van der Waals surface area contributed by atoms with Crippen molar-refractivity contribution in [3.63, 3.8) is 0 Å². The van der Waals surface area contributed by atoms with Gasteiger partial charge in [0.05, 0.1) is 19.7 Å². The summed E-state index contributed by atoms with van der Waals surface area (Å²) in [4.78, 5) is 11.9. The van der Waals surface area contributed by atoms with Gasteiger partial charge in [-0.15, -0.1) is 0 Å². The van der Waals surface area contributed by atoms with Gasteiger partial charge >= 0.3 is 0 Å². The van der Waals surface area contributed by atoms with Crippen molar-refractivity contribution in [3.8, 4) is 11.5 Å². The van der Waals surface area contributed by atoms with Crippen LogP contribution in [-0.2, 0) is 11.2 Å². The summed E-state index contributed by atoms with van der Waals surface area (Å²) >= 11 is 0. The lowest BCUT2D eigenvalue weighted by atomic mass is 10.1. The summed E-state index contributed by atoms with van der Waals surface area (Å²) in [5.41, 5.74) is 6.95. The van der Waals surface area contributed by atoms with Gasteiger partial charge in [0, 0.05) is 0 Å². The van der Waals surface area contributed by atoms with Crippen LogP contribution in [0.5, 0.6) is 11.5 Å². The number of carbonyl (C=O) groups is 1. The smallest absolute Gasteiger partial charge is 0.237 e. The van der Waals surface area contributed by atoms with Crippen LogP contribution in [0.1, 0.15) is 5.56 Å². The van der Waals surface area contributed by atoms with Crippen LogP contribution < -0.4 is 20.5 Å². The van der Waals surface area contributed by atoms with E-state index >= 15 is 0 Å². The quantitative estimate of drug-likeness (QED) is 0.728. The van der Waals surface area contributed by atoms with Crippen LogP contribution in [0.3, 0.4) is 0 Å². The number of carbonyl (C=O) groups excluding carboxylic acids is 1. The van der Waals surface area contributed by atoms with Gasteiger partial charge in [0.15, 0.2) is 0 Å². The number of nitrogens with one attached hydrogen (secondary N) is 1. The first-order valence-corrected chi connectivity index (χ1v) is 7.53. The molecule has 2 aromatic carbocycles. The molecular formula is C18H22N2O3. The number of amides is 1. The summed E-state index contributed by atoms with van der Waals surface area (Å²) in [5, 5.41) is 2.78. The summed E-state index contributed by atoms with van der Waals surface area (Å²) in [6.45, 7) is 0.795. The first-order chi connectivity index (χ1) is 11.2. The molecule has 3 N–H and O–H groups in total. The average Bonchev–Trinajstić information content (AvgIpc) is 2.60. The first-order valence-electron chi connectivity index (χ1n) is 7.53. The molecule has 23 heavy (non-hydrogen) atoms. The van der Waals surface area contributed by atoms with E-state index in [1.807, 2.05) is 54.6 Å². The highest BCUT2D eigenvalue weighted by atomic mass is 16.5. The third-order valence-corrected chi connectivity index (χ3v) is 3.36. The molecule has 0 saturated heterocycles. The number of nitrogens with two attached hydrogens (primary N) is 1. The number of methoxy groups -OCH3 is 1. The van der Waals surface area contributed by atoms with Crippen LogP contribution in [0.15, 0.2) is 54.6 Å². The molecule has 0 heterocycles. The van der Waals surface area contributed by atoms with Crippen LogP contribution in [0.25, 0.3) is 0 Å². The molecule has 0 aliphatic rings. The van der Waals surface area contributed by atoms with Crippen molar-refractivity contribution in [2.45, 2.75) is 12.5 Å². The molecule has 0 fully saturated rings. The van der Waals surface area contributed by atoms with E-state index in [1.54, 1.807) is 7.11 Å². The van der Waals surface area contributed by atoms with E-state index < -0.39 is 6.04 Å². The predicted molar refractivity (Wildman–Crippen MR) is 89.6 cm³/mol. The summed E-state index contributed by atoms with van der Waals surface area (Å²) in [6.07, 6.45) is 0.520. The minimum atomic E-state index is -0.557. The Morgan fingerprint density at radius 1 is 1.09 bits per heavy atom. The number of benzene rings is 2. The lowest BCUT2D eigenvalue weighted by molar-refractivity contribution is -0.122. The van der Waals surface area contributed by atoms with Gasteiger partial charge in [-0.1, -0.05) is 30.3 Å². The zero-order valence-corrected chi connectivity index (χ0v) is 13.2. The topological polar surface area (TPSA) is 73.6 Å². The Hall–Kier alpha value is -2.53. The average molecular weight is 314 g/mol. The normalized spacial score (nSPS) is 11.6. The molecule has 0 saturated carbocycles. The second-order valence-electron chi connectivity index (χ2n) is 5.11. The van der Waals surface area contributed by atoms with E-state index in [2.05, 4.69) is 5.32 Å². The summed E-state index contributed by atoms with van der Waals surface area (Å²) in [5.74, 6) is 1.33. The molecular weight excluding hydrogens is 292 g/mol. The van der Waals surface area contributed by atoms with E-state index in [1.165, 1.54) is 0 Å². The third-order valence-electron chi connectivity index (χ3n) is 3.36. The van der Waals surface area contributed by atoms with Crippen molar-refractivity contribution >= 4 is 5.91 Å². The standard InChI is InChI=1S/C18H22N2O3/c1-22-15-7-9-16(10-8-15)23-12-11-20-18(21)17(19)13-14-5-3-2-4-6-14/h2-10,17H,11-13,19H2,1H3,(H,20,21)/t17-/m0/s1. The molecule has 5 heteroatoms. The van der Waals surface area contributed by atoms with E-state index in [0.717, 1.165) is 17.1 Å². The number of hydrogen-bond acceptors (Lipinski definition) is 4. The summed E-state index contributed by atoms with van der Waals surface area (Å²) < 4.78 is 10.6. The third kappa shape index (κ3) is 5.64. The minimum absolute atomic E-state index is 0.174. The van der Waals surface area contributed by atoms with Gasteiger partial charge < -0.3 is 20.5 Å². The van der Waals surface area contributed by atoms with Crippen molar-refractivity contribution in [2.75, 3.05) is 20.3 Å². The molecule has 1 amide bonds. The predicted octanol–water partition coefficient (Wildman–Crippen LogP) is 1.76. The molecule has 1 atom stereocenters. The first kappa shape index (κ1) is 16.8. The van der Waals surface area contributed by atoms with Crippen molar-refractivity contribution in [2.24, 2.45) is 5.73 Å². The fourth-order valence-corrected chi connectivity index (χ4v) is 2.11. The highest BCUT2D eigenvalue weighted by Crippen LogP contribution is 2.16. The van der Waals surface area contributed by atoms with Crippen LogP contribution in [0.4, 0.5) is 0 Å². The minimum Gasteiger partial charge on any atom is -0.497 e. The molecule has 0 bridgehead atoms. The summed E-state index contributed by atoms with van der Waals surface area (Å²) in [6, 6.07) is 16.5. The summed E-state index contributed by atoms with van der Waals surface area (Å²) in [7, 11) is 1.62. The van der Waals surface area contributed by atoms with Gasteiger partial charge in [-0.05, 0) is 36.2 Å². The molecule has 0 radical (unpaired) electrons. The van der Waals surface area contributed by atoms with Gasteiger partial charge in [-0.2, -0.15) is 0 Å². The Morgan fingerprint density at radius 3 is 2.39 bits per heavy atom. The Kier molecular flexibility index (Phi) is 6.44.